The Morgan fingerprint density at radius 1 is 0.351 bits per heavy atom. The van der Waals surface area contributed by atoms with Crippen LogP contribution in [0.25, 0.3) is 66.4 Å². The highest BCUT2D eigenvalue weighted by Gasteiger charge is 2.35. The van der Waals surface area contributed by atoms with Crippen molar-refractivity contribution in [2.24, 2.45) is 0 Å². The van der Waals surface area contributed by atoms with E-state index in [2.05, 4.69) is 195 Å². The van der Waals surface area contributed by atoms with Gasteiger partial charge in [-0.25, -0.2) is 4.39 Å². The van der Waals surface area contributed by atoms with E-state index in [-0.39, 0.29) is 11.2 Å². The van der Waals surface area contributed by atoms with Gasteiger partial charge in [0, 0.05) is 22.5 Å². The molecule has 0 amide bonds. The summed E-state index contributed by atoms with van der Waals surface area (Å²) in [6, 6.07) is 72.4. The van der Waals surface area contributed by atoms with E-state index in [1.54, 1.807) is 12.1 Å². The van der Waals surface area contributed by atoms with Crippen LogP contribution in [0.3, 0.4) is 0 Å². The molecule has 0 unspecified atom stereocenters. The summed E-state index contributed by atoms with van der Waals surface area (Å²) in [4.78, 5) is 2.34. The van der Waals surface area contributed by atoms with Gasteiger partial charge in [0.2, 0.25) is 0 Å². The number of anilines is 3. The van der Waals surface area contributed by atoms with Gasteiger partial charge < -0.3 is 4.90 Å². The molecule has 0 fully saturated rings. The molecule has 1 nitrogen and oxygen atoms in total. The number of fused-ring (bicyclic) bond motifs is 4. The normalized spacial score (nSPS) is 12.6. The lowest BCUT2D eigenvalue weighted by Crippen LogP contribution is -2.14. The minimum atomic E-state index is -0.238. The molecule has 0 spiro atoms. The van der Waals surface area contributed by atoms with Crippen molar-refractivity contribution < 1.29 is 4.39 Å². The van der Waals surface area contributed by atoms with Crippen LogP contribution < -0.4 is 4.90 Å². The van der Waals surface area contributed by atoms with Crippen LogP contribution in [0.2, 0.25) is 0 Å². The van der Waals surface area contributed by atoms with Crippen molar-refractivity contribution in [3.8, 4) is 55.6 Å². The minimum absolute atomic E-state index is 0.0735. The van der Waals surface area contributed by atoms with E-state index in [1.807, 2.05) is 12.1 Å². The fourth-order valence-corrected chi connectivity index (χ4v) is 8.86. The van der Waals surface area contributed by atoms with Crippen molar-refractivity contribution in [3.05, 3.63) is 223 Å². The molecular formula is C55H40FN. The molecule has 2 heteroatoms. The van der Waals surface area contributed by atoms with Gasteiger partial charge in [-0.15, -0.1) is 0 Å². The molecule has 1 aliphatic carbocycles. The van der Waals surface area contributed by atoms with Gasteiger partial charge in [0.15, 0.2) is 0 Å². The third-order valence-corrected chi connectivity index (χ3v) is 11.7. The average molecular weight is 734 g/mol. The van der Waals surface area contributed by atoms with E-state index in [9.17, 15) is 4.39 Å². The second-order valence-electron chi connectivity index (χ2n) is 15.5. The molecular weight excluding hydrogens is 694 g/mol. The third kappa shape index (κ3) is 6.11. The molecule has 0 saturated carbocycles. The van der Waals surface area contributed by atoms with Crippen LogP contribution in [0.1, 0.15) is 25.0 Å². The quantitative estimate of drug-likeness (QED) is 0.158. The highest BCUT2D eigenvalue weighted by Crippen LogP contribution is 2.50. The Bertz CT molecular complexity index is 2920. The van der Waals surface area contributed by atoms with E-state index < -0.39 is 0 Å². The highest BCUT2D eigenvalue weighted by molar-refractivity contribution is 6.06. The second-order valence-corrected chi connectivity index (χ2v) is 15.5. The van der Waals surface area contributed by atoms with Crippen LogP contribution >= 0.6 is 0 Å². The molecule has 57 heavy (non-hydrogen) atoms. The molecule has 1 aliphatic rings. The standard InChI is InChI=1S/C55H40FN/c1-55(2)52-23-7-6-20-50(52)51-33-28-42(36-53(51)55)41-16-9-19-47(35-41)57(45-29-24-38(25-30-45)37-12-4-3-5-13-37)46-31-26-39(27-32-46)48-21-10-14-40-15-11-22-49(54(40)48)43-17-8-18-44(56)34-43/h3-36H,1-2H3. The first kappa shape index (κ1) is 34.5. The van der Waals surface area contributed by atoms with Crippen LogP contribution in [0.5, 0.6) is 0 Å². The van der Waals surface area contributed by atoms with E-state index >= 15 is 0 Å². The predicted molar refractivity (Wildman–Crippen MR) is 238 cm³/mol. The number of hydrogen-bond donors (Lipinski definition) is 0. The largest absolute Gasteiger partial charge is 0.310 e. The SMILES string of the molecule is CC1(C)c2ccccc2-c2ccc(-c3cccc(N(c4ccc(-c5ccccc5)cc4)c4ccc(-c5cccc6cccc(-c7cccc(F)c7)c56)cc4)c3)cc21. The van der Waals surface area contributed by atoms with Gasteiger partial charge in [-0.1, -0.05) is 166 Å². The van der Waals surface area contributed by atoms with Crippen molar-refractivity contribution >= 4 is 27.8 Å². The highest BCUT2D eigenvalue weighted by atomic mass is 19.1. The smallest absolute Gasteiger partial charge is 0.123 e. The van der Waals surface area contributed by atoms with Crippen LogP contribution in [-0.2, 0) is 5.41 Å². The Morgan fingerprint density at radius 2 is 0.877 bits per heavy atom. The molecule has 0 saturated heterocycles. The monoisotopic (exact) mass is 733 g/mol. The summed E-state index contributed by atoms with van der Waals surface area (Å²) in [5, 5.41) is 2.23. The lowest BCUT2D eigenvalue weighted by Gasteiger charge is -2.27. The van der Waals surface area contributed by atoms with E-state index in [0.717, 1.165) is 50.1 Å². The molecule has 9 aromatic carbocycles. The van der Waals surface area contributed by atoms with Crippen LogP contribution in [0.15, 0.2) is 206 Å². The van der Waals surface area contributed by atoms with Gasteiger partial charge >= 0.3 is 0 Å². The van der Waals surface area contributed by atoms with Crippen molar-refractivity contribution in [2.45, 2.75) is 19.3 Å². The van der Waals surface area contributed by atoms with Gasteiger partial charge in [0.25, 0.3) is 0 Å². The number of benzene rings is 9. The molecule has 10 rings (SSSR count). The number of nitrogens with zero attached hydrogens (tertiary/aromatic N) is 1. The number of halogens is 1. The van der Waals surface area contributed by atoms with Gasteiger partial charge in [-0.05, 0) is 132 Å². The molecule has 0 radical (unpaired) electrons. The summed E-state index contributed by atoms with van der Waals surface area (Å²) in [7, 11) is 0. The van der Waals surface area contributed by atoms with Crippen molar-refractivity contribution in [1.82, 2.24) is 0 Å². The molecule has 0 bridgehead atoms. The number of rotatable bonds is 7. The lowest BCUT2D eigenvalue weighted by molar-refractivity contribution is 0.628. The summed E-state index contributed by atoms with van der Waals surface area (Å²) in [5.41, 5.74) is 17.4. The first-order valence-corrected chi connectivity index (χ1v) is 19.6. The van der Waals surface area contributed by atoms with Gasteiger partial charge in [-0.2, -0.15) is 0 Å². The maximum atomic E-state index is 14.4. The molecule has 0 N–H and O–H groups in total. The molecule has 0 heterocycles. The Labute approximate surface area is 334 Å². The zero-order valence-electron chi connectivity index (χ0n) is 32.0. The summed E-state index contributed by atoms with van der Waals surface area (Å²) in [6.45, 7) is 4.67. The molecule has 272 valence electrons. The van der Waals surface area contributed by atoms with E-state index in [4.69, 9.17) is 0 Å². The Balaban J connectivity index is 1.07. The fraction of sp³-hybridized carbons (Fsp3) is 0.0545. The Hall–Kier alpha value is -7.03. The maximum Gasteiger partial charge on any atom is 0.123 e. The Kier molecular flexibility index (Phi) is 8.42. The summed E-state index contributed by atoms with van der Waals surface area (Å²) >= 11 is 0. The first-order valence-electron chi connectivity index (χ1n) is 19.6. The Morgan fingerprint density at radius 3 is 1.61 bits per heavy atom. The summed E-state index contributed by atoms with van der Waals surface area (Å²) in [6.07, 6.45) is 0. The van der Waals surface area contributed by atoms with Gasteiger partial charge in [-0.3, -0.25) is 0 Å². The van der Waals surface area contributed by atoms with Crippen LogP contribution in [-0.4, -0.2) is 0 Å². The van der Waals surface area contributed by atoms with Crippen LogP contribution in [0.4, 0.5) is 21.5 Å². The third-order valence-electron chi connectivity index (χ3n) is 11.7. The zero-order chi connectivity index (χ0) is 38.5. The van der Waals surface area contributed by atoms with Gasteiger partial charge in [0.1, 0.15) is 5.82 Å². The van der Waals surface area contributed by atoms with Crippen molar-refractivity contribution in [2.75, 3.05) is 4.90 Å². The van der Waals surface area contributed by atoms with E-state index in [1.165, 1.54) is 50.6 Å². The first-order chi connectivity index (χ1) is 27.9. The zero-order valence-corrected chi connectivity index (χ0v) is 32.0. The average Bonchev–Trinajstić information content (AvgIpc) is 3.49. The van der Waals surface area contributed by atoms with E-state index in [0.29, 0.717) is 0 Å². The fourth-order valence-electron chi connectivity index (χ4n) is 8.86. The van der Waals surface area contributed by atoms with Crippen molar-refractivity contribution in [1.29, 1.82) is 0 Å². The van der Waals surface area contributed by atoms with Gasteiger partial charge in [0.05, 0.1) is 0 Å². The topological polar surface area (TPSA) is 3.24 Å². The van der Waals surface area contributed by atoms with Crippen LogP contribution in [0, 0.1) is 5.82 Å². The molecule has 0 aromatic heterocycles. The van der Waals surface area contributed by atoms with Crippen molar-refractivity contribution in [3.63, 3.8) is 0 Å². The maximum absolute atomic E-state index is 14.4. The molecule has 0 aliphatic heterocycles. The lowest BCUT2D eigenvalue weighted by atomic mass is 9.81. The summed E-state index contributed by atoms with van der Waals surface area (Å²) < 4.78 is 14.4. The minimum Gasteiger partial charge on any atom is -0.310 e. The second kappa shape index (κ2) is 13.9. The molecule has 0 atom stereocenters. The molecule has 9 aromatic rings. The predicted octanol–water partition coefficient (Wildman–Crippen LogP) is 15.4. The number of hydrogen-bond acceptors (Lipinski definition) is 1. The summed E-state index contributed by atoms with van der Waals surface area (Å²) in [5.74, 6) is -0.238.